The summed E-state index contributed by atoms with van der Waals surface area (Å²) in [6, 6.07) is 4.28. The van der Waals surface area contributed by atoms with Gasteiger partial charge in [-0.1, -0.05) is 6.07 Å². The number of aromatic nitrogens is 2. The number of nitrogens with zero attached hydrogens (tertiary/aromatic N) is 3. The number of hydrogen-bond donors (Lipinski definition) is 2. The Morgan fingerprint density at radius 2 is 2.16 bits per heavy atom. The van der Waals surface area contributed by atoms with E-state index < -0.39 is 22.2 Å². The lowest BCUT2D eigenvalue weighted by Gasteiger charge is -2.15. The second-order valence-corrected chi connectivity index (χ2v) is 6.88. The molecule has 0 radical (unpaired) electrons. The maximum absolute atomic E-state index is 12.5. The van der Waals surface area contributed by atoms with Gasteiger partial charge in [0.15, 0.2) is 0 Å². The predicted molar refractivity (Wildman–Crippen MR) is 70.2 cm³/mol. The number of aliphatic hydroxyl groups is 1. The lowest BCUT2D eigenvalue weighted by atomic mass is 10.2. The molecule has 2 atom stereocenters. The number of fused-ring (bicyclic) bond motifs is 1. The van der Waals surface area contributed by atoms with Gasteiger partial charge in [0, 0.05) is 19.1 Å². The Bertz CT molecular complexity index is 704. The molecule has 7 nitrogen and oxygen atoms in total. The Morgan fingerprint density at radius 3 is 2.84 bits per heavy atom. The Hall–Kier alpha value is -1.13. The average Bonchev–Trinajstić information content (AvgIpc) is 2.96. The van der Waals surface area contributed by atoms with Gasteiger partial charge in [-0.15, -0.1) is 0 Å². The van der Waals surface area contributed by atoms with Crippen LogP contribution in [0, 0.1) is 0 Å². The number of nitrogens with two attached hydrogens (primary N) is 1. The van der Waals surface area contributed by atoms with Crippen LogP contribution < -0.4 is 5.73 Å². The molecule has 2 heterocycles. The van der Waals surface area contributed by atoms with Crippen molar-refractivity contribution in [2.45, 2.75) is 17.0 Å². The molecule has 0 amide bonds. The summed E-state index contributed by atoms with van der Waals surface area (Å²) in [5, 5.41) is 9.59. The summed E-state index contributed by atoms with van der Waals surface area (Å²) in [5.41, 5.74) is 6.57. The van der Waals surface area contributed by atoms with Crippen LogP contribution in [0.4, 0.5) is 0 Å². The van der Waals surface area contributed by atoms with Gasteiger partial charge in [0.05, 0.1) is 17.8 Å². The number of hydrogen-bond acceptors (Lipinski definition) is 7. The monoisotopic (exact) mass is 300 g/mol. The molecule has 1 fully saturated rings. The highest BCUT2D eigenvalue weighted by Gasteiger charge is 2.37. The van der Waals surface area contributed by atoms with Crippen molar-refractivity contribution in [1.82, 2.24) is 13.1 Å². The van der Waals surface area contributed by atoms with Crippen molar-refractivity contribution < 1.29 is 13.5 Å². The number of sulfonamides is 1. The molecule has 102 valence electrons. The number of β-amino-alcohol motifs (C(OH)–C–C–N with tert-alkyl or cyclic N) is 1. The van der Waals surface area contributed by atoms with E-state index in [2.05, 4.69) is 8.75 Å². The molecular formula is C10H12N4O3S2. The zero-order valence-electron chi connectivity index (χ0n) is 9.80. The van der Waals surface area contributed by atoms with Crippen LogP contribution in [0.3, 0.4) is 0 Å². The van der Waals surface area contributed by atoms with E-state index in [-0.39, 0.29) is 18.0 Å². The molecule has 0 spiro atoms. The van der Waals surface area contributed by atoms with Crippen LogP contribution in [0.5, 0.6) is 0 Å². The van der Waals surface area contributed by atoms with Crippen LogP contribution in [0.2, 0.25) is 0 Å². The molecule has 1 aromatic carbocycles. The molecule has 3 rings (SSSR count). The third kappa shape index (κ3) is 2.03. The van der Waals surface area contributed by atoms with Crippen LogP contribution >= 0.6 is 11.7 Å². The van der Waals surface area contributed by atoms with Crippen LogP contribution in [-0.4, -0.2) is 51.8 Å². The summed E-state index contributed by atoms with van der Waals surface area (Å²) >= 11 is 0.970. The summed E-state index contributed by atoms with van der Waals surface area (Å²) in [6.07, 6.45) is -0.831. The van der Waals surface area contributed by atoms with Crippen molar-refractivity contribution in [3.8, 4) is 0 Å². The molecule has 1 saturated heterocycles. The topological polar surface area (TPSA) is 109 Å². The molecule has 3 N–H and O–H groups in total. The second kappa shape index (κ2) is 4.46. The highest BCUT2D eigenvalue weighted by Crippen LogP contribution is 2.26. The summed E-state index contributed by atoms with van der Waals surface area (Å²) in [6.45, 7) is 0.120. The van der Waals surface area contributed by atoms with E-state index in [1.54, 1.807) is 12.1 Å². The SMILES string of the molecule is N[C@@H]1CN(S(=O)(=O)c2cccc3nsnc23)C[C@H]1O. The normalized spacial score (nSPS) is 25.2. The molecule has 1 aliphatic rings. The van der Waals surface area contributed by atoms with E-state index in [0.717, 1.165) is 11.7 Å². The Morgan fingerprint density at radius 1 is 1.37 bits per heavy atom. The van der Waals surface area contributed by atoms with Crippen LogP contribution in [0.1, 0.15) is 0 Å². The molecular weight excluding hydrogens is 288 g/mol. The van der Waals surface area contributed by atoms with Crippen molar-refractivity contribution in [2.75, 3.05) is 13.1 Å². The lowest BCUT2D eigenvalue weighted by Crippen LogP contribution is -2.33. The smallest absolute Gasteiger partial charge is 0.245 e. The minimum atomic E-state index is -3.70. The number of benzene rings is 1. The second-order valence-electron chi connectivity index (χ2n) is 4.44. The zero-order chi connectivity index (χ0) is 13.6. The number of aliphatic hydroxyl groups excluding tert-OH is 1. The van der Waals surface area contributed by atoms with Gasteiger partial charge in [0.2, 0.25) is 10.0 Å². The van der Waals surface area contributed by atoms with E-state index >= 15 is 0 Å². The zero-order valence-corrected chi connectivity index (χ0v) is 11.4. The molecule has 0 aliphatic carbocycles. The average molecular weight is 300 g/mol. The summed E-state index contributed by atoms with van der Waals surface area (Å²) < 4.78 is 34.3. The fourth-order valence-corrected chi connectivity index (χ4v) is 4.35. The first-order valence-corrected chi connectivity index (χ1v) is 7.82. The van der Waals surface area contributed by atoms with Crippen molar-refractivity contribution in [1.29, 1.82) is 0 Å². The maximum atomic E-state index is 12.5. The molecule has 2 aromatic rings. The van der Waals surface area contributed by atoms with Crippen molar-refractivity contribution in [3.05, 3.63) is 18.2 Å². The summed E-state index contributed by atoms with van der Waals surface area (Å²) in [7, 11) is -3.70. The summed E-state index contributed by atoms with van der Waals surface area (Å²) in [4.78, 5) is 0.111. The van der Waals surface area contributed by atoms with Crippen molar-refractivity contribution in [2.24, 2.45) is 5.73 Å². The van der Waals surface area contributed by atoms with Crippen LogP contribution in [-0.2, 0) is 10.0 Å². The first kappa shape index (κ1) is 12.9. The Kier molecular flexibility index (Phi) is 3.02. The number of rotatable bonds is 2. The van der Waals surface area contributed by atoms with Crippen LogP contribution in [0.25, 0.3) is 11.0 Å². The quantitative estimate of drug-likeness (QED) is 0.765. The van der Waals surface area contributed by atoms with E-state index in [4.69, 9.17) is 5.73 Å². The predicted octanol–water partition coefficient (Wildman–Crippen LogP) is -0.616. The van der Waals surface area contributed by atoms with Gasteiger partial charge in [-0.05, 0) is 12.1 Å². The van der Waals surface area contributed by atoms with Crippen molar-refractivity contribution in [3.63, 3.8) is 0 Å². The minimum Gasteiger partial charge on any atom is -0.390 e. The molecule has 1 aliphatic heterocycles. The first-order chi connectivity index (χ1) is 9.00. The molecule has 19 heavy (non-hydrogen) atoms. The van der Waals surface area contributed by atoms with E-state index in [1.807, 2.05) is 0 Å². The minimum absolute atomic E-state index is 0.0114. The highest BCUT2D eigenvalue weighted by molar-refractivity contribution is 7.89. The standard InChI is InChI=1S/C10H12N4O3S2/c11-6-4-14(5-8(6)15)19(16,17)9-3-1-2-7-10(9)13-18-12-7/h1-3,6,8,15H,4-5,11H2/t6-,8-/m1/s1. The van der Waals surface area contributed by atoms with Gasteiger partial charge in [-0.25, -0.2) is 8.42 Å². The van der Waals surface area contributed by atoms with Gasteiger partial charge >= 0.3 is 0 Å². The fraction of sp³-hybridized carbons (Fsp3) is 0.400. The first-order valence-electron chi connectivity index (χ1n) is 5.65. The molecule has 9 heteroatoms. The third-order valence-electron chi connectivity index (χ3n) is 3.17. The fourth-order valence-electron chi connectivity index (χ4n) is 2.10. The molecule has 1 aromatic heterocycles. The molecule has 0 bridgehead atoms. The van der Waals surface area contributed by atoms with E-state index in [0.29, 0.717) is 11.0 Å². The Balaban J connectivity index is 2.08. The van der Waals surface area contributed by atoms with Crippen LogP contribution in [0.15, 0.2) is 23.1 Å². The van der Waals surface area contributed by atoms with Gasteiger partial charge < -0.3 is 10.8 Å². The van der Waals surface area contributed by atoms with Gasteiger partial charge in [-0.2, -0.15) is 13.1 Å². The third-order valence-corrected chi connectivity index (χ3v) is 5.57. The van der Waals surface area contributed by atoms with Gasteiger partial charge in [0.25, 0.3) is 0 Å². The van der Waals surface area contributed by atoms with Crippen molar-refractivity contribution >= 4 is 32.8 Å². The van der Waals surface area contributed by atoms with E-state index in [9.17, 15) is 13.5 Å². The van der Waals surface area contributed by atoms with Gasteiger partial charge in [0.1, 0.15) is 15.9 Å². The lowest BCUT2D eigenvalue weighted by molar-refractivity contribution is 0.174. The van der Waals surface area contributed by atoms with E-state index in [1.165, 1.54) is 10.4 Å². The Labute approximate surface area is 114 Å². The summed E-state index contributed by atoms with van der Waals surface area (Å²) in [5.74, 6) is 0. The highest BCUT2D eigenvalue weighted by atomic mass is 32.2. The largest absolute Gasteiger partial charge is 0.390 e. The molecule has 0 unspecified atom stereocenters. The maximum Gasteiger partial charge on any atom is 0.245 e. The molecule has 0 saturated carbocycles. The van der Waals surface area contributed by atoms with Gasteiger partial charge in [-0.3, -0.25) is 0 Å².